The van der Waals surface area contributed by atoms with Crippen molar-refractivity contribution < 1.29 is 40.6 Å². The van der Waals surface area contributed by atoms with Gasteiger partial charge in [-0.3, -0.25) is 4.79 Å². The van der Waals surface area contributed by atoms with Gasteiger partial charge in [-0.15, -0.1) is 10.2 Å². The average molecular weight is 626 g/mol. The van der Waals surface area contributed by atoms with Crippen molar-refractivity contribution in [2.24, 2.45) is 5.92 Å². The Kier molecular flexibility index (Phi) is 9.36. The number of aromatic nitrogens is 4. The lowest BCUT2D eigenvalue weighted by molar-refractivity contribution is -0.139. The van der Waals surface area contributed by atoms with E-state index < -0.39 is 29.4 Å². The van der Waals surface area contributed by atoms with Gasteiger partial charge in [0.25, 0.3) is 0 Å². The van der Waals surface area contributed by atoms with Gasteiger partial charge in [-0.1, -0.05) is 30.3 Å². The van der Waals surface area contributed by atoms with Crippen molar-refractivity contribution in [2.75, 3.05) is 62.3 Å². The minimum absolute atomic E-state index is 0.0263. The third kappa shape index (κ3) is 7.84. The van der Waals surface area contributed by atoms with Crippen molar-refractivity contribution in [3.63, 3.8) is 0 Å². The first-order valence-electron chi connectivity index (χ1n) is 13.8. The molecule has 0 saturated carbocycles. The Hall–Kier alpha value is -4.21. The monoisotopic (exact) mass is 625 g/mol. The molecule has 0 aliphatic carbocycles. The van der Waals surface area contributed by atoms with Crippen LogP contribution in [0.25, 0.3) is 0 Å². The average Bonchev–Trinajstić information content (AvgIpc) is 3.48. The van der Waals surface area contributed by atoms with E-state index in [9.17, 15) is 31.1 Å². The molecule has 0 bridgehead atoms. The predicted molar refractivity (Wildman–Crippen MR) is 145 cm³/mol. The summed E-state index contributed by atoms with van der Waals surface area (Å²) < 4.78 is 90.6. The van der Waals surface area contributed by atoms with Gasteiger partial charge in [0.15, 0.2) is 5.82 Å². The zero-order chi connectivity index (χ0) is 31.3. The van der Waals surface area contributed by atoms with E-state index in [1.54, 1.807) is 45.0 Å². The highest BCUT2D eigenvalue weighted by Gasteiger charge is 2.38. The molecule has 4 heterocycles. The van der Waals surface area contributed by atoms with E-state index >= 15 is 0 Å². The van der Waals surface area contributed by atoms with Gasteiger partial charge in [-0.05, 0) is 12.0 Å². The largest absolute Gasteiger partial charge is 0.471 e. The smallest absolute Gasteiger partial charge is 0.421 e. The van der Waals surface area contributed by atoms with Crippen LogP contribution in [0.15, 0.2) is 48.8 Å². The molecule has 5 rings (SSSR count). The van der Waals surface area contributed by atoms with Crippen LogP contribution in [0.4, 0.5) is 38.1 Å². The molecule has 0 radical (unpaired) electrons. The molecule has 1 atom stereocenters. The molecule has 236 valence electrons. The summed E-state index contributed by atoms with van der Waals surface area (Å²) in [4.78, 5) is 25.2. The second-order valence-electron chi connectivity index (χ2n) is 10.4. The van der Waals surface area contributed by atoms with Crippen LogP contribution in [0.1, 0.15) is 23.1 Å². The van der Waals surface area contributed by atoms with Gasteiger partial charge in [0.2, 0.25) is 17.7 Å². The lowest BCUT2D eigenvalue weighted by atomic mass is 10.1. The number of carbonyl (C=O) groups excluding carboxylic acids is 1. The molecule has 3 aromatic rings. The van der Waals surface area contributed by atoms with Crippen molar-refractivity contribution >= 4 is 17.7 Å². The Morgan fingerprint density at radius 3 is 2.25 bits per heavy atom. The molecule has 10 nitrogen and oxygen atoms in total. The summed E-state index contributed by atoms with van der Waals surface area (Å²) >= 11 is 0. The van der Waals surface area contributed by atoms with Gasteiger partial charge in [0.05, 0.1) is 12.2 Å². The van der Waals surface area contributed by atoms with E-state index in [2.05, 4.69) is 20.2 Å². The van der Waals surface area contributed by atoms with Crippen LogP contribution >= 0.6 is 0 Å². The van der Waals surface area contributed by atoms with E-state index in [-0.39, 0.29) is 43.4 Å². The second-order valence-corrected chi connectivity index (χ2v) is 10.4. The zero-order valence-corrected chi connectivity index (χ0v) is 23.4. The van der Waals surface area contributed by atoms with Crippen LogP contribution < -0.4 is 14.5 Å². The number of amides is 1. The fraction of sp³-hybridized carbons (Fsp3) is 0.464. The maximum atomic E-state index is 13.8. The lowest BCUT2D eigenvalue weighted by Crippen LogP contribution is -2.50. The standard InChI is InChI=1S/C28H29F6N7O3/c29-27(30,31)21-13-35-26(36-14-21)40-10-8-39(9-11-40)24(42)18-43-16-20-6-7-41(15-20)23-12-22(28(32,33)34)25(38-37-23)44-17-19-4-2-1-3-5-19/h1-5,12-14,20H,6-11,15-18H2/t20-/m1/s1. The Bertz CT molecular complexity index is 1400. The number of halogens is 6. The van der Waals surface area contributed by atoms with E-state index in [0.717, 1.165) is 18.5 Å². The van der Waals surface area contributed by atoms with Crippen LogP contribution in [-0.2, 0) is 28.5 Å². The molecule has 1 aromatic carbocycles. The van der Waals surface area contributed by atoms with Crippen molar-refractivity contribution in [2.45, 2.75) is 25.4 Å². The fourth-order valence-corrected chi connectivity index (χ4v) is 4.93. The number of carbonyl (C=O) groups is 1. The minimum Gasteiger partial charge on any atom is -0.471 e. The Morgan fingerprint density at radius 1 is 0.886 bits per heavy atom. The van der Waals surface area contributed by atoms with Gasteiger partial charge in [0, 0.05) is 63.6 Å². The number of benzene rings is 1. The maximum Gasteiger partial charge on any atom is 0.421 e. The van der Waals surface area contributed by atoms with Crippen LogP contribution in [0.3, 0.4) is 0 Å². The zero-order valence-electron chi connectivity index (χ0n) is 23.4. The molecule has 0 N–H and O–H groups in total. The maximum absolute atomic E-state index is 13.8. The third-order valence-corrected chi connectivity index (χ3v) is 7.34. The first-order valence-corrected chi connectivity index (χ1v) is 13.8. The number of alkyl halides is 6. The summed E-state index contributed by atoms with van der Waals surface area (Å²) in [6.45, 7) is 2.19. The van der Waals surface area contributed by atoms with Crippen LogP contribution in [0.5, 0.6) is 5.88 Å². The molecule has 44 heavy (non-hydrogen) atoms. The quantitative estimate of drug-likeness (QED) is 0.326. The van der Waals surface area contributed by atoms with Gasteiger partial charge < -0.3 is 24.2 Å². The molecule has 2 saturated heterocycles. The van der Waals surface area contributed by atoms with E-state index in [1.807, 2.05) is 0 Å². The van der Waals surface area contributed by atoms with Crippen LogP contribution in [0.2, 0.25) is 0 Å². The summed E-state index contributed by atoms with van der Waals surface area (Å²) in [6.07, 6.45) is -7.10. The fourth-order valence-electron chi connectivity index (χ4n) is 4.93. The van der Waals surface area contributed by atoms with Crippen molar-refractivity contribution in [1.29, 1.82) is 0 Å². The summed E-state index contributed by atoms with van der Waals surface area (Å²) in [5, 5.41) is 7.71. The molecule has 0 unspecified atom stereocenters. The molecule has 2 aliphatic heterocycles. The first-order chi connectivity index (χ1) is 21.0. The summed E-state index contributed by atoms with van der Waals surface area (Å²) in [7, 11) is 0. The molecule has 1 amide bonds. The van der Waals surface area contributed by atoms with E-state index in [0.29, 0.717) is 51.3 Å². The van der Waals surface area contributed by atoms with E-state index in [1.165, 1.54) is 0 Å². The topological polar surface area (TPSA) is 96.8 Å². The van der Waals surface area contributed by atoms with Gasteiger partial charge in [-0.2, -0.15) is 26.3 Å². The number of anilines is 2. The molecular weight excluding hydrogens is 596 g/mol. The number of rotatable bonds is 9. The van der Waals surface area contributed by atoms with Gasteiger partial charge in [-0.25, -0.2) is 9.97 Å². The highest BCUT2D eigenvalue weighted by molar-refractivity contribution is 5.77. The van der Waals surface area contributed by atoms with Crippen LogP contribution in [0, 0.1) is 5.92 Å². The first kappa shape index (κ1) is 31.2. The molecular formula is C28H29F6N7O3. The summed E-state index contributed by atoms with van der Waals surface area (Å²) in [5.41, 5.74) is -1.24. The van der Waals surface area contributed by atoms with Gasteiger partial charge >= 0.3 is 12.4 Å². The Morgan fingerprint density at radius 2 is 1.59 bits per heavy atom. The predicted octanol–water partition coefficient (Wildman–Crippen LogP) is 4.07. The minimum atomic E-state index is -4.68. The molecule has 2 aromatic heterocycles. The summed E-state index contributed by atoms with van der Waals surface area (Å²) in [6, 6.07) is 9.71. The highest BCUT2D eigenvalue weighted by Crippen LogP contribution is 2.37. The number of hydrogen-bond acceptors (Lipinski definition) is 9. The normalized spacial score (nSPS) is 17.7. The third-order valence-electron chi connectivity index (χ3n) is 7.34. The summed E-state index contributed by atoms with van der Waals surface area (Å²) in [5.74, 6) is -0.608. The molecule has 0 spiro atoms. The molecule has 16 heteroatoms. The van der Waals surface area contributed by atoms with Crippen molar-refractivity contribution in [1.82, 2.24) is 25.1 Å². The van der Waals surface area contributed by atoms with Crippen molar-refractivity contribution in [3.05, 3.63) is 65.5 Å². The second kappa shape index (κ2) is 13.2. The Labute approximate surface area is 248 Å². The highest BCUT2D eigenvalue weighted by atomic mass is 19.4. The SMILES string of the molecule is O=C(COC[C@@H]1CCN(c2cc(C(F)(F)F)c(OCc3ccccc3)nn2)C1)N1CCN(c2ncc(C(F)(F)F)cn2)CC1. The Balaban J connectivity index is 1.07. The number of nitrogens with zero attached hydrogens (tertiary/aromatic N) is 7. The molecule has 2 fully saturated rings. The van der Waals surface area contributed by atoms with Crippen LogP contribution in [-0.4, -0.2) is 83.5 Å². The van der Waals surface area contributed by atoms with Crippen molar-refractivity contribution in [3.8, 4) is 5.88 Å². The number of ether oxygens (including phenoxy) is 2. The lowest BCUT2D eigenvalue weighted by Gasteiger charge is -2.34. The van der Waals surface area contributed by atoms with E-state index in [4.69, 9.17) is 9.47 Å². The van der Waals surface area contributed by atoms with Gasteiger partial charge in [0.1, 0.15) is 18.8 Å². The number of piperazine rings is 1. The molecule has 2 aliphatic rings. The number of hydrogen-bond donors (Lipinski definition) is 0.